The maximum atomic E-state index is 11.8. The second-order valence-electron chi connectivity index (χ2n) is 4.31. The third kappa shape index (κ3) is 3.33. The molecular weight excluding hydrogens is 336 g/mol. The van der Waals surface area contributed by atoms with Crippen molar-refractivity contribution in [2.24, 2.45) is 0 Å². The van der Waals surface area contributed by atoms with Crippen molar-refractivity contribution in [3.8, 4) is 6.07 Å². The molecule has 0 bridgehead atoms. The normalized spacial score (nSPS) is 18.4. The van der Waals surface area contributed by atoms with Crippen LogP contribution in [0.4, 0.5) is 0 Å². The summed E-state index contributed by atoms with van der Waals surface area (Å²) >= 11 is 4.82. The van der Waals surface area contributed by atoms with Gasteiger partial charge in [0, 0.05) is 22.6 Å². The number of nitrogens with one attached hydrogen (secondary N) is 1. The Kier molecular flexibility index (Phi) is 5.05. The standard InChI is InChI=1S/C15H13BrN2OS/c1-2-7-20-15-13(9-17)12(8-14(19)18-15)10-3-5-11(16)6-4-10/h2-6,12H,1,7-8H2,(H,18,19). The molecule has 2 rings (SSSR count). The van der Waals surface area contributed by atoms with Crippen molar-refractivity contribution in [3.05, 3.63) is 57.6 Å². The van der Waals surface area contributed by atoms with Crippen LogP contribution in [-0.2, 0) is 4.79 Å². The monoisotopic (exact) mass is 348 g/mol. The Morgan fingerprint density at radius 1 is 1.50 bits per heavy atom. The number of thioether (sulfide) groups is 1. The molecule has 20 heavy (non-hydrogen) atoms. The molecule has 1 aromatic carbocycles. The highest BCUT2D eigenvalue weighted by Gasteiger charge is 2.29. The number of amides is 1. The first kappa shape index (κ1) is 14.9. The minimum atomic E-state index is -0.172. The maximum absolute atomic E-state index is 11.8. The summed E-state index contributed by atoms with van der Waals surface area (Å²) in [5.41, 5.74) is 1.61. The molecule has 1 N–H and O–H groups in total. The number of carbonyl (C=O) groups is 1. The van der Waals surface area contributed by atoms with E-state index in [-0.39, 0.29) is 11.8 Å². The zero-order valence-corrected chi connectivity index (χ0v) is 13.1. The molecule has 0 saturated carbocycles. The molecule has 0 saturated heterocycles. The van der Waals surface area contributed by atoms with Gasteiger partial charge in [-0.1, -0.05) is 34.1 Å². The molecule has 3 nitrogen and oxygen atoms in total. The van der Waals surface area contributed by atoms with Gasteiger partial charge in [-0.3, -0.25) is 4.79 Å². The Labute approximate surface area is 130 Å². The van der Waals surface area contributed by atoms with Crippen molar-refractivity contribution in [2.45, 2.75) is 12.3 Å². The van der Waals surface area contributed by atoms with Crippen molar-refractivity contribution in [2.75, 3.05) is 5.75 Å². The summed E-state index contributed by atoms with van der Waals surface area (Å²) < 4.78 is 0.977. The summed E-state index contributed by atoms with van der Waals surface area (Å²) in [5, 5.41) is 12.9. The largest absolute Gasteiger partial charge is 0.320 e. The number of halogens is 1. The molecule has 1 aromatic rings. The number of carbonyl (C=O) groups excluding carboxylic acids is 1. The van der Waals surface area contributed by atoms with Gasteiger partial charge in [0.15, 0.2) is 0 Å². The topological polar surface area (TPSA) is 52.9 Å². The Morgan fingerprint density at radius 3 is 2.80 bits per heavy atom. The Balaban J connectivity index is 2.39. The van der Waals surface area contributed by atoms with Crippen LogP contribution in [0.5, 0.6) is 0 Å². The highest BCUT2D eigenvalue weighted by molar-refractivity contribution is 9.10. The van der Waals surface area contributed by atoms with Gasteiger partial charge >= 0.3 is 0 Å². The molecule has 0 fully saturated rings. The van der Waals surface area contributed by atoms with Crippen molar-refractivity contribution < 1.29 is 4.79 Å². The molecule has 1 aliphatic rings. The van der Waals surface area contributed by atoms with Gasteiger partial charge in [-0.2, -0.15) is 5.26 Å². The molecule has 5 heteroatoms. The van der Waals surface area contributed by atoms with Crippen LogP contribution in [0.3, 0.4) is 0 Å². The predicted molar refractivity (Wildman–Crippen MR) is 84.9 cm³/mol. The Hall–Kier alpha value is -1.51. The second-order valence-corrected chi connectivity index (χ2v) is 6.26. The minimum absolute atomic E-state index is 0.0523. The molecule has 0 aromatic heterocycles. The van der Waals surface area contributed by atoms with Crippen molar-refractivity contribution >= 4 is 33.6 Å². The summed E-state index contributed by atoms with van der Waals surface area (Å²) in [6, 6.07) is 9.98. The van der Waals surface area contributed by atoms with Crippen LogP contribution < -0.4 is 5.32 Å². The van der Waals surface area contributed by atoms with Crippen molar-refractivity contribution in [1.82, 2.24) is 5.32 Å². The quantitative estimate of drug-likeness (QED) is 0.843. The molecule has 1 atom stereocenters. The van der Waals surface area contributed by atoms with Crippen LogP contribution in [0.1, 0.15) is 17.9 Å². The van der Waals surface area contributed by atoms with Crippen LogP contribution in [0.25, 0.3) is 0 Å². The number of benzene rings is 1. The summed E-state index contributed by atoms with van der Waals surface area (Å²) in [5.74, 6) is 0.436. The lowest BCUT2D eigenvalue weighted by atomic mass is 9.87. The van der Waals surface area contributed by atoms with E-state index in [4.69, 9.17) is 0 Å². The lowest BCUT2D eigenvalue weighted by Gasteiger charge is -2.24. The smallest absolute Gasteiger partial charge is 0.225 e. The summed E-state index contributed by atoms with van der Waals surface area (Å²) in [6.07, 6.45) is 2.06. The minimum Gasteiger partial charge on any atom is -0.320 e. The van der Waals surface area contributed by atoms with Crippen LogP contribution in [0.15, 0.2) is 52.0 Å². The van der Waals surface area contributed by atoms with Gasteiger partial charge in [-0.15, -0.1) is 18.3 Å². The average molecular weight is 349 g/mol. The highest BCUT2D eigenvalue weighted by Crippen LogP contribution is 2.36. The SMILES string of the molecule is C=CCSC1=C(C#N)C(c2ccc(Br)cc2)CC(=O)N1. The number of hydrogen-bond donors (Lipinski definition) is 1. The van der Waals surface area contributed by atoms with Gasteiger partial charge in [0.2, 0.25) is 5.91 Å². The van der Waals surface area contributed by atoms with E-state index in [0.29, 0.717) is 22.8 Å². The molecular formula is C15H13BrN2OS. The first-order chi connectivity index (χ1) is 9.65. The lowest BCUT2D eigenvalue weighted by Crippen LogP contribution is -2.30. The van der Waals surface area contributed by atoms with Gasteiger partial charge < -0.3 is 5.32 Å². The van der Waals surface area contributed by atoms with E-state index in [0.717, 1.165) is 10.0 Å². The van der Waals surface area contributed by atoms with Crippen LogP contribution in [0.2, 0.25) is 0 Å². The number of allylic oxidation sites excluding steroid dienone is 1. The molecule has 1 unspecified atom stereocenters. The number of hydrogen-bond acceptors (Lipinski definition) is 3. The number of nitriles is 1. The molecule has 0 spiro atoms. The van der Waals surface area contributed by atoms with E-state index < -0.39 is 0 Å². The number of rotatable bonds is 4. The average Bonchev–Trinajstić information content (AvgIpc) is 2.45. The summed E-state index contributed by atoms with van der Waals surface area (Å²) in [4.78, 5) is 11.8. The molecule has 1 amide bonds. The fourth-order valence-electron chi connectivity index (χ4n) is 2.06. The predicted octanol–water partition coefficient (Wildman–Crippen LogP) is 3.71. The third-order valence-electron chi connectivity index (χ3n) is 2.97. The highest BCUT2D eigenvalue weighted by atomic mass is 79.9. The lowest BCUT2D eigenvalue weighted by molar-refractivity contribution is -0.120. The van der Waals surface area contributed by atoms with Gasteiger partial charge in [0.25, 0.3) is 0 Å². The van der Waals surface area contributed by atoms with Crippen LogP contribution in [-0.4, -0.2) is 11.7 Å². The molecule has 0 radical (unpaired) electrons. The van der Waals surface area contributed by atoms with Gasteiger partial charge in [-0.25, -0.2) is 0 Å². The van der Waals surface area contributed by atoms with Gasteiger partial charge in [-0.05, 0) is 17.7 Å². The van der Waals surface area contributed by atoms with Crippen LogP contribution in [0, 0.1) is 11.3 Å². The van der Waals surface area contributed by atoms with Gasteiger partial charge in [0.1, 0.15) is 0 Å². The first-order valence-electron chi connectivity index (χ1n) is 6.09. The van der Waals surface area contributed by atoms with E-state index >= 15 is 0 Å². The Morgan fingerprint density at radius 2 is 2.20 bits per heavy atom. The third-order valence-corrected chi connectivity index (χ3v) is 4.52. The molecule has 0 aliphatic carbocycles. The second kappa shape index (κ2) is 6.78. The van der Waals surface area contributed by atoms with E-state index in [2.05, 4.69) is 33.9 Å². The van der Waals surface area contributed by atoms with E-state index in [1.165, 1.54) is 11.8 Å². The van der Waals surface area contributed by atoms with Crippen molar-refractivity contribution in [3.63, 3.8) is 0 Å². The molecule has 1 aliphatic heterocycles. The maximum Gasteiger partial charge on any atom is 0.225 e. The molecule has 1 heterocycles. The van der Waals surface area contributed by atoms with Crippen LogP contribution >= 0.6 is 27.7 Å². The van der Waals surface area contributed by atoms with Crippen molar-refractivity contribution in [1.29, 1.82) is 5.26 Å². The van der Waals surface area contributed by atoms with E-state index in [1.54, 1.807) is 6.08 Å². The Bertz CT molecular complexity index is 601. The fourth-order valence-corrected chi connectivity index (χ4v) is 3.13. The molecule has 102 valence electrons. The number of nitrogens with zero attached hydrogens (tertiary/aromatic N) is 1. The van der Waals surface area contributed by atoms with E-state index in [9.17, 15) is 10.1 Å². The first-order valence-corrected chi connectivity index (χ1v) is 7.87. The van der Waals surface area contributed by atoms with Gasteiger partial charge in [0.05, 0.1) is 16.7 Å². The fraction of sp³-hybridized carbons (Fsp3) is 0.200. The van der Waals surface area contributed by atoms with E-state index in [1.807, 2.05) is 24.3 Å². The zero-order chi connectivity index (χ0) is 14.5. The summed E-state index contributed by atoms with van der Waals surface area (Å²) in [7, 11) is 0. The zero-order valence-electron chi connectivity index (χ0n) is 10.7. The summed E-state index contributed by atoms with van der Waals surface area (Å²) in [6.45, 7) is 3.66.